The molecular weight excluding hydrogens is 358 g/mol. The zero-order chi connectivity index (χ0) is 20.2. The maximum atomic E-state index is 12.0. The van der Waals surface area contributed by atoms with Gasteiger partial charge in [-0.1, -0.05) is 36.4 Å². The maximum absolute atomic E-state index is 12.0. The summed E-state index contributed by atoms with van der Waals surface area (Å²) in [5, 5.41) is 8.57. The van der Waals surface area contributed by atoms with Gasteiger partial charge in [0, 0.05) is 18.1 Å². The van der Waals surface area contributed by atoms with Crippen molar-refractivity contribution in [3.63, 3.8) is 0 Å². The normalized spacial score (nSPS) is 10.3. The number of rotatable bonds is 10. The predicted octanol–water partition coefficient (Wildman–Crippen LogP) is 3.82. The molecule has 0 aromatic heterocycles. The highest BCUT2D eigenvalue weighted by Gasteiger charge is 2.07. The molecule has 144 valence electrons. The third-order valence-corrected chi connectivity index (χ3v) is 3.78. The van der Waals surface area contributed by atoms with Gasteiger partial charge in [-0.15, -0.1) is 0 Å². The van der Waals surface area contributed by atoms with Crippen molar-refractivity contribution in [3.8, 4) is 17.6 Å². The van der Waals surface area contributed by atoms with Crippen molar-refractivity contribution < 1.29 is 23.8 Å². The van der Waals surface area contributed by atoms with Crippen LogP contribution in [0.4, 0.5) is 0 Å². The first-order chi connectivity index (χ1) is 13.6. The minimum atomic E-state index is -0.490. The fourth-order valence-corrected chi connectivity index (χ4v) is 2.40. The van der Waals surface area contributed by atoms with Crippen LogP contribution in [0.2, 0.25) is 0 Å². The van der Waals surface area contributed by atoms with Gasteiger partial charge in [0.1, 0.15) is 6.07 Å². The molecule has 0 spiro atoms. The zero-order valence-electron chi connectivity index (χ0n) is 15.6. The van der Waals surface area contributed by atoms with Gasteiger partial charge in [-0.25, -0.2) is 4.79 Å². The zero-order valence-corrected chi connectivity index (χ0v) is 15.6. The number of hydrogen-bond donors (Lipinski definition) is 0. The molecule has 2 aromatic carbocycles. The molecule has 6 heteroatoms. The number of methoxy groups -OCH3 is 1. The lowest BCUT2D eigenvalue weighted by atomic mass is 10.1. The Morgan fingerprint density at radius 1 is 1.11 bits per heavy atom. The van der Waals surface area contributed by atoms with E-state index in [9.17, 15) is 9.59 Å². The Morgan fingerprint density at radius 2 is 1.89 bits per heavy atom. The lowest BCUT2D eigenvalue weighted by Gasteiger charge is -2.08. The molecule has 0 unspecified atom stereocenters. The molecule has 0 fully saturated rings. The summed E-state index contributed by atoms with van der Waals surface area (Å²) in [5.74, 6) is 0.450. The molecule has 28 heavy (non-hydrogen) atoms. The molecule has 0 atom stereocenters. The van der Waals surface area contributed by atoms with E-state index < -0.39 is 5.97 Å². The third-order valence-electron chi connectivity index (χ3n) is 3.78. The van der Waals surface area contributed by atoms with E-state index in [0.29, 0.717) is 29.9 Å². The van der Waals surface area contributed by atoms with E-state index in [1.807, 2.05) is 24.3 Å². The topological polar surface area (TPSA) is 85.6 Å². The Morgan fingerprint density at radius 3 is 2.61 bits per heavy atom. The van der Waals surface area contributed by atoms with Crippen molar-refractivity contribution >= 4 is 17.8 Å². The van der Waals surface area contributed by atoms with E-state index in [4.69, 9.17) is 19.5 Å². The van der Waals surface area contributed by atoms with E-state index in [-0.39, 0.29) is 19.0 Å². The summed E-state index contributed by atoms with van der Waals surface area (Å²) < 4.78 is 15.6. The molecule has 0 amide bonds. The van der Waals surface area contributed by atoms with E-state index in [0.717, 1.165) is 5.56 Å². The molecule has 0 heterocycles. The van der Waals surface area contributed by atoms with Crippen molar-refractivity contribution in [2.24, 2.45) is 0 Å². The molecule has 0 radical (unpaired) electrons. The fourth-order valence-electron chi connectivity index (χ4n) is 2.40. The lowest BCUT2D eigenvalue weighted by Crippen LogP contribution is -2.05. The monoisotopic (exact) mass is 379 g/mol. The predicted molar refractivity (Wildman–Crippen MR) is 104 cm³/mol. The Bertz CT molecular complexity index is 868. The summed E-state index contributed by atoms with van der Waals surface area (Å²) in [7, 11) is 1.49. The van der Waals surface area contributed by atoms with Crippen LogP contribution < -0.4 is 9.47 Å². The highest BCUT2D eigenvalue weighted by molar-refractivity contribution is 5.96. The number of nitriles is 1. The van der Waals surface area contributed by atoms with Gasteiger partial charge in [0.25, 0.3) is 0 Å². The van der Waals surface area contributed by atoms with Gasteiger partial charge in [-0.2, -0.15) is 5.26 Å². The van der Waals surface area contributed by atoms with Crippen LogP contribution in [0, 0.1) is 11.3 Å². The van der Waals surface area contributed by atoms with Crippen molar-refractivity contribution in [2.75, 3.05) is 20.3 Å². The number of nitrogens with zero attached hydrogens (tertiary/aromatic N) is 1. The molecule has 2 aromatic rings. The van der Waals surface area contributed by atoms with Gasteiger partial charge in [0.15, 0.2) is 23.9 Å². The molecule has 0 aliphatic heterocycles. The van der Waals surface area contributed by atoms with Crippen LogP contribution in [0.5, 0.6) is 11.5 Å². The van der Waals surface area contributed by atoms with Crippen LogP contribution in [-0.4, -0.2) is 32.1 Å². The highest BCUT2D eigenvalue weighted by Crippen LogP contribution is 2.28. The summed E-state index contributed by atoms with van der Waals surface area (Å²) in [6.45, 7) is 0.0939. The van der Waals surface area contributed by atoms with Crippen LogP contribution in [0.3, 0.4) is 0 Å². The summed E-state index contributed by atoms with van der Waals surface area (Å²) in [4.78, 5) is 23.8. The summed E-state index contributed by atoms with van der Waals surface area (Å²) in [6.07, 6.45) is 3.69. The lowest BCUT2D eigenvalue weighted by molar-refractivity contribution is -0.137. The van der Waals surface area contributed by atoms with Crippen molar-refractivity contribution in [2.45, 2.75) is 12.8 Å². The van der Waals surface area contributed by atoms with Crippen LogP contribution in [0.15, 0.2) is 54.6 Å². The quantitative estimate of drug-likeness (QED) is 0.270. The van der Waals surface area contributed by atoms with Gasteiger partial charge in [0.05, 0.1) is 13.7 Å². The molecule has 0 bridgehead atoms. The number of Topliss-reactive ketones (excluding diaryl/α,β-unsaturated/α-hetero) is 1. The average molecular weight is 379 g/mol. The molecule has 0 aliphatic carbocycles. The second-order valence-electron chi connectivity index (χ2n) is 5.75. The average Bonchev–Trinajstić information content (AvgIpc) is 2.74. The first kappa shape index (κ1) is 20.7. The van der Waals surface area contributed by atoms with E-state index in [1.165, 1.54) is 13.2 Å². The Balaban J connectivity index is 1.78. The third kappa shape index (κ3) is 6.61. The van der Waals surface area contributed by atoms with E-state index in [1.54, 1.807) is 36.4 Å². The second-order valence-corrected chi connectivity index (χ2v) is 5.75. The fraction of sp³-hybridized carbons (Fsp3) is 0.227. The van der Waals surface area contributed by atoms with Crippen molar-refractivity contribution in [3.05, 3.63) is 65.7 Å². The molecule has 2 rings (SSSR count). The summed E-state index contributed by atoms with van der Waals surface area (Å²) in [6, 6.07) is 16.0. The SMILES string of the molecule is COc1cc(/C=C/C(=O)OCCCC(=O)c2ccccc2)ccc1OCC#N. The summed E-state index contributed by atoms with van der Waals surface area (Å²) in [5.41, 5.74) is 1.38. The van der Waals surface area contributed by atoms with Crippen LogP contribution >= 0.6 is 0 Å². The molecule has 0 N–H and O–H groups in total. The Hall–Kier alpha value is -3.59. The van der Waals surface area contributed by atoms with Crippen molar-refractivity contribution in [1.82, 2.24) is 0 Å². The van der Waals surface area contributed by atoms with Crippen LogP contribution in [0.25, 0.3) is 6.08 Å². The van der Waals surface area contributed by atoms with E-state index >= 15 is 0 Å². The first-order valence-corrected chi connectivity index (χ1v) is 8.75. The van der Waals surface area contributed by atoms with Gasteiger partial charge in [-0.3, -0.25) is 4.79 Å². The molecule has 0 saturated heterocycles. The molecule has 6 nitrogen and oxygen atoms in total. The molecule has 0 saturated carbocycles. The number of ether oxygens (including phenoxy) is 3. The Kier molecular flexibility index (Phi) is 8.28. The second kappa shape index (κ2) is 11.2. The standard InChI is InChI=1S/C22H21NO5/c1-26-21-16-17(9-11-20(21)27-15-13-23)10-12-22(25)28-14-5-8-19(24)18-6-3-2-4-7-18/h2-4,6-7,9-12,16H,5,8,14-15H2,1H3/b12-10+. The van der Waals surface area contributed by atoms with Gasteiger partial charge in [-0.05, 0) is 30.2 Å². The van der Waals surface area contributed by atoms with Crippen molar-refractivity contribution in [1.29, 1.82) is 5.26 Å². The van der Waals surface area contributed by atoms with Gasteiger partial charge < -0.3 is 14.2 Å². The maximum Gasteiger partial charge on any atom is 0.330 e. The summed E-state index contributed by atoms with van der Waals surface area (Å²) >= 11 is 0. The van der Waals surface area contributed by atoms with E-state index in [2.05, 4.69) is 0 Å². The largest absolute Gasteiger partial charge is 0.493 e. The van der Waals surface area contributed by atoms with Gasteiger partial charge >= 0.3 is 5.97 Å². The minimum absolute atomic E-state index is 0.0259. The number of ketones is 1. The molecule has 0 aliphatic rings. The number of esters is 1. The number of carbonyl (C=O) groups is 2. The molecular formula is C22H21NO5. The van der Waals surface area contributed by atoms with Crippen LogP contribution in [0.1, 0.15) is 28.8 Å². The van der Waals surface area contributed by atoms with Crippen LogP contribution in [-0.2, 0) is 9.53 Å². The number of benzene rings is 2. The first-order valence-electron chi connectivity index (χ1n) is 8.75. The number of hydrogen-bond acceptors (Lipinski definition) is 6. The smallest absolute Gasteiger partial charge is 0.330 e. The number of carbonyl (C=O) groups excluding carboxylic acids is 2. The Labute approximate surface area is 164 Å². The minimum Gasteiger partial charge on any atom is -0.493 e. The van der Waals surface area contributed by atoms with Gasteiger partial charge in [0.2, 0.25) is 0 Å². The highest BCUT2D eigenvalue weighted by atomic mass is 16.5.